The second kappa shape index (κ2) is 4.89. The zero-order valence-corrected chi connectivity index (χ0v) is 10.9. The Labute approximate surface area is 116 Å². The summed E-state index contributed by atoms with van der Waals surface area (Å²) >= 11 is 5.24. The molecule has 1 amide bonds. The highest BCUT2D eigenvalue weighted by Gasteiger charge is 2.36. The molecular formula is C13H12N4OS. The summed E-state index contributed by atoms with van der Waals surface area (Å²) in [6.07, 6.45) is 2.07. The van der Waals surface area contributed by atoms with Crippen LogP contribution >= 0.6 is 12.2 Å². The van der Waals surface area contributed by atoms with E-state index >= 15 is 0 Å². The Hall–Kier alpha value is -2.08. The molecule has 96 valence electrons. The Bertz CT molecular complexity index is 582. The highest BCUT2D eigenvalue weighted by Crippen LogP contribution is 2.20. The van der Waals surface area contributed by atoms with Crippen molar-refractivity contribution < 1.29 is 4.79 Å². The molecule has 3 rings (SSSR count). The summed E-state index contributed by atoms with van der Waals surface area (Å²) < 4.78 is 0. The molecule has 1 aromatic rings. The Morgan fingerprint density at radius 3 is 2.84 bits per heavy atom. The van der Waals surface area contributed by atoms with E-state index in [2.05, 4.69) is 15.3 Å². The van der Waals surface area contributed by atoms with Crippen LogP contribution in [0.3, 0.4) is 0 Å². The van der Waals surface area contributed by atoms with Crippen LogP contribution in [-0.4, -0.2) is 35.7 Å². The van der Waals surface area contributed by atoms with Gasteiger partial charge in [-0.05, 0) is 24.4 Å². The van der Waals surface area contributed by atoms with Gasteiger partial charge < -0.3 is 5.32 Å². The minimum absolute atomic E-state index is 0.0363. The SMILES string of the molecule is O=C1[C@H](CC2=NC=NC2)NC(=S)N1c1ccccc1. The van der Waals surface area contributed by atoms with E-state index < -0.39 is 0 Å². The van der Waals surface area contributed by atoms with Crippen LogP contribution in [0.5, 0.6) is 0 Å². The standard InChI is InChI=1S/C13H12N4OS/c18-12-11(6-9-7-14-8-15-9)16-13(19)17(12)10-4-2-1-3-5-10/h1-5,8,11H,6-7H2,(H,16,19)/t11-/m0/s1. The molecule has 2 heterocycles. The third-order valence-electron chi connectivity index (χ3n) is 3.07. The smallest absolute Gasteiger partial charge is 0.256 e. The fraction of sp³-hybridized carbons (Fsp3) is 0.231. The van der Waals surface area contributed by atoms with Gasteiger partial charge in [-0.25, -0.2) is 4.99 Å². The summed E-state index contributed by atoms with van der Waals surface area (Å²) in [6.45, 7) is 0.573. The third-order valence-corrected chi connectivity index (χ3v) is 3.37. The second-order valence-electron chi connectivity index (χ2n) is 4.37. The van der Waals surface area contributed by atoms with Gasteiger partial charge >= 0.3 is 0 Å². The van der Waals surface area contributed by atoms with Crippen LogP contribution in [0.2, 0.25) is 0 Å². The number of aliphatic imine (C=N–C) groups is 2. The Morgan fingerprint density at radius 1 is 1.37 bits per heavy atom. The molecule has 0 radical (unpaired) electrons. The Kier molecular flexibility index (Phi) is 3.08. The van der Waals surface area contributed by atoms with Gasteiger partial charge in [-0.15, -0.1) is 0 Å². The van der Waals surface area contributed by atoms with Crippen LogP contribution in [0, 0.1) is 0 Å². The van der Waals surface area contributed by atoms with E-state index in [1.54, 1.807) is 0 Å². The summed E-state index contributed by atoms with van der Waals surface area (Å²) in [5.41, 5.74) is 1.70. The second-order valence-corrected chi connectivity index (χ2v) is 4.75. The lowest BCUT2D eigenvalue weighted by molar-refractivity contribution is -0.118. The first kappa shape index (κ1) is 12.0. The van der Waals surface area contributed by atoms with E-state index in [4.69, 9.17) is 12.2 Å². The average molecular weight is 272 g/mol. The van der Waals surface area contributed by atoms with Crippen molar-refractivity contribution in [1.82, 2.24) is 5.32 Å². The third kappa shape index (κ3) is 2.26. The zero-order chi connectivity index (χ0) is 13.2. The minimum Gasteiger partial charge on any atom is -0.350 e. The molecule has 2 aliphatic rings. The Morgan fingerprint density at radius 2 is 2.16 bits per heavy atom. The molecule has 0 saturated carbocycles. The molecule has 19 heavy (non-hydrogen) atoms. The number of carbonyl (C=O) groups excluding carboxylic acids is 1. The van der Waals surface area contributed by atoms with E-state index in [0.29, 0.717) is 18.1 Å². The van der Waals surface area contributed by atoms with Crippen molar-refractivity contribution in [1.29, 1.82) is 0 Å². The lowest BCUT2D eigenvalue weighted by Gasteiger charge is -2.14. The van der Waals surface area contributed by atoms with E-state index in [1.165, 1.54) is 11.2 Å². The number of rotatable bonds is 3. The van der Waals surface area contributed by atoms with Gasteiger partial charge in [0.1, 0.15) is 12.4 Å². The number of hydrogen-bond donors (Lipinski definition) is 1. The fourth-order valence-corrected chi connectivity index (χ4v) is 2.49. The van der Waals surface area contributed by atoms with Crippen molar-refractivity contribution in [2.24, 2.45) is 9.98 Å². The summed E-state index contributed by atoms with van der Waals surface area (Å²) in [5, 5.41) is 3.50. The van der Waals surface area contributed by atoms with Gasteiger partial charge in [0.2, 0.25) is 0 Å². The molecular weight excluding hydrogens is 260 g/mol. The number of para-hydroxylation sites is 1. The summed E-state index contributed by atoms with van der Waals surface area (Å²) in [7, 11) is 0. The summed E-state index contributed by atoms with van der Waals surface area (Å²) in [4.78, 5) is 22.1. The molecule has 5 nitrogen and oxygen atoms in total. The van der Waals surface area contributed by atoms with E-state index in [-0.39, 0.29) is 11.9 Å². The van der Waals surface area contributed by atoms with Gasteiger partial charge in [-0.3, -0.25) is 14.7 Å². The molecule has 0 aromatic heterocycles. The lowest BCUT2D eigenvalue weighted by Crippen LogP contribution is -2.32. The summed E-state index contributed by atoms with van der Waals surface area (Å²) in [5.74, 6) is -0.0363. The number of anilines is 1. The fourth-order valence-electron chi connectivity index (χ4n) is 2.15. The van der Waals surface area contributed by atoms with Crippen molar-refractivity contribution in [3.8, 4) is 0 Å². The molecule has 1 atom stereocenters. The molecule has 2 aliphatic heterocycles. The molecule has 0 bridgehead atoms. The van der Waals surface area contributed by atoms with Gasteiger partial charge in [0.25, 0.3) is 5.91 Å². The van der Waals surface area contributed by atoms with Crippen molar-refractivity contribution >= 4 is 41.0 Å². The normalized spacial score (nSPS) is 21.8. The van der Waals surface area contributed by atoms with E-state index in [1.807, 2.05) is 30.3 Å². The van der Waals surface area contributed by atoms with Crippen LogP contribution in [0.25, 0.3) is 0 Å². The van der Waals surface area contributed by atoms with Crippen LogP contribution in [0.4, 0.5) is 5.69 Å². The van der Waals surface area contributed by atoms with Gasteiger partial charge in [0, 0.05) is 12.1 Å². The van der Waals surface area contributed by atoms with Crippen molar-refractivity contribution in [2.45, 2.75) is 12.5 Å². The van der Waals surface area contributed by atoms with E-state index in [0.717, 1.165) is 11.4 Å². The maximum absolute atomic E-state index is 12.4. The maximum atomic E-state index is 12.4. The molecule has 0 spiro atoms. The van der Waals surface area contributed by atoms with Crippen LogP contribution in [0.1, 0.15) is 6.42 Å². The monoisotopic (exact) mass is 272 g/mol. The van der Waals surface area contributed by atoms with E-state index in [9.17, 15) is 4.79 Å². The van der Waals surface area contributed by atoms with Crippen molar-refractivity contribution in [3.05, 3.63) is 30.3 Å². The topological polar surface area (TPSA) is 57.1 Å². The predicted molar refractivity (Wildman–Crippen MR) is 78.9 cm³/mol. The number of thiocarbonyl (C=S) groups is 1. The first-order valence-corrected chi connectivity index (χ1v) is 6.40. The predicted octanol–water partition coefficient (Wildman–Crippen LogP) is 1.15. The first-order valence-electron chi connectivity index (χ1n) is 5.99. The minimum atomic E-state index is -0.340. The molecule has 0 aliphatic carbocycles. The number of nitrogens with zero attached hydrogens (tertiary/aromatic N) is 3. The van der Waals surface area contributed by atoms with Gasteiger partial charge in [0.05, 0.1) is 12.2 Å². The highest BCUT2D eigenvalue weighted by atomic mass is 32.1. The number of nitrogens with one attached hydrogen (secondary N) is 1. The highest BCUT2D eigenvalue weighted by molar-refractivity contribution is 7.80. The number of benzene rings is 1. The zero-order valence-electron chi connectivity index (χ0n) is 10.1. The number of amides is 1. The lowest BCUT2D eigenvalue weighted by atomic mass is 10.1. The quantitative estimate of drug-likeness (QED) is 0.840. The van der Waals surface area contributed by atoms with Gasteiger partial charge in [0.15, 0.2) is 5.11 Å². The number of hydrogen-bond acceptors (Lipinski definition) is 4. The van der Waals surface area contributed by atoms with Crippen LogP contribution in [-0.2, 0) is 4.79 Å². The molecule has 0 unspecified atom stereocenters. The first-order chi connectivity index (χ1) is 9.25. The summed E-state index contributed by atoms with van der Waals surface area (Å²) in [6, 6.07) is 9.06. The largest absolute Gasteiger partial charge is 0.350 e. The number of carbonyl (C=O) groups is 1. The Balaban J connectivity index is 1.78. The molecule has 1 aromatic carbocycles. The van der Waals surface area contributed by atoms with Gasteiger partial charge in [-0.1, -0.05) is 18.2 Å². The van der Waals surface area contributed by atoms with Gasteiger partial charge in [-0.2, -0.15) is 0 Å². The maximum Gasteiger partial charge on any atom is 0.256 e. The average Bonchev–Trinajstić information content (AvgIpc) is 3.01. The van der Waals surface area contributed by atoms with Crippen molar-refractivity contribution in [3.63, 3.8) is 0 Å². The van der Waals surface area contributed by atoms with Crippen molar-refractivity contribution in [2.75, 3.05) is 11.4 Å². The molecule has 6 heteroatoms. The van der Waals surface area contributed by atoms with Crippen LogP contribution in [0.15, 0.2) is 40.3 Å². The van der Waals surface area contributed by atoms with Crippen LogP contribution < -0.4 is 10.2 Å². The molecule has 1 saturated heterocycles. The molecule has 1 N–H and O–H groups in total. The molecule has 1 fully saturated rings.